The van der Waals surface area contributed by atoms with Gasteiger partial charge in [0.1, 0.15) is 5.69 Å². The highest BCUT2D eigenvalue weighted by Crippen LogP contribution is 2.31. The molecule has 0 aliphatic carbocycles. The average molecular weight is 381 g/mol. The fraction of sp³-hybridized carbons (Fsp3) is 0.476. The highest BCUT2D eigenvalue weighted by atomic mass is 16.5. The molecule has 1 aliphatic heterocycles. The van der Waals surface area contributed by atoms with E-state index in [1.54, 1.807) is 12.5 Å². The molecule has 0 saturated carbocycles. The second-order valence-corrected chi connectivity index (χ2v) is 7.59. The van der Waals surface area contributed by atoms with Gasteiger partial charge in [0.25, 0.3) is 0 Å². The van der Waals surface area contributed by atoms with Gasteiger partial charge in [0.2, 0.25) is 5.95 Å². The van der Waals surface area contributed by atoms with Crippen LogP contribution in [0.3, 0.4) is 0 Å². The Balaban J connectivity index is 1.43. The van der Waals surface area contributed by atoms with E-state index in [9.17, 15) is 0 Å². The highest BCUT2D eigenvalue weighted by molar-refractivity contribution is 5.75. The molecular weight excluding hydrogens is 354 g/mol. The zero-order valence-corrected chi connectivity index (χ0v) is 16.5. The summed E-state index contributed by atoms with van der Waals surface area (Å²) in [6, 6.07) is 5.60. The summed E-state index contributed by atoms with van der Waals surface area (Å²) in [4.78, 5) is 11.7. The van der Waals surface area contributed by atoms with Crippen LogP contribution in [0.1, 0.15) is 31.9 Å². The summed E-state index contributed by atoms with van der Waals surface area (Å²) in [5.41, 5.74) is 2.28. The number of furan rings is 1. The van der Waals surface area contributed by atoms with Crippen molar-refractivity contribution in [1.29, 1.82) is 0 Å². The normalized spacial score (nSPS) is 17.7. The van der Waals surface area contributed by atoms with Gasteiger partial charge in [-0.05, 0) is 57.3 Å². The third kappa shape index (κ3) is 4.42. The van der Waals surface area contributed by atoms with Crippen LogP contribution < -0.4 is 5.32 Å². The largest absolute Gasteiger partial charge is 0.463 e. The number of nitrogens with zero attached hydrogens (tertiary/aromatic N) is 4. The lowest BCUT2D eigenvalue weighted by Gasteiger charge is -2.30. The summed E-state index contributed by atoms with van der Waals surface area (Å²) in [5.74, 6) is 2.72. The molecule has 28 heavy (non-hydrogen) atoms. The Morgan fingerprint density at radius 2 is 2.25 bits per heavy atom. The molecule has 4 rings (SSSR count). The number of hydrogen-bond donors (Lipinski definition) is 1. The first kappa shape index (κ1) is 18.7. The van der Waals surface area contributed by atoms with Gasteiger partial charge in [-0.15, -0.1) is 0 Å². The van der Waals surface area contributed by atoms with Gasteiger partial charge in [-0.3, -0.25) is 0 Å². The molecular formula is C21H27N5O2. The van der Waals surface area contributed by atoms with Crippen LogP contribution in [0.15, 0.2) is 39.6 Å². The molecule has 0 aromatic carbocycles. The van der Waals surface area contributed by atoms with Crippen LogP contribution in [0.5, 0.6) is 0 Å². The molecule has 1 atom stereocenters. The van der Waals surface area contributed by atoms with Crippen LogP contribution >= 0.6 is 0 Å². The van der Waals surface area contributed by atoms with Gasteiger partial charge in [-0.2, -0.15) is 0 Å². The number of anilines is 1. The first-order valence-corrected chi connectivity index (χ1v) is 10.00. The predicted octanol–water partition coefficient (Wildman–Crippen LogP) is 4.23. The molecule has 0 amide bonds. The van der Waals surface area contributed by atoms with E-state index >= 15 is 0 Å². The number of likely N-dealkylation sites (tertiary alicyclic amines) is 1. The Hall–Kier alpha value is -2.67. The molecule has 7 nitrogen and oxygen atoms in total. The van der Waals surface area contributed by atoms with Crippen LogP contribution in [0.4, 0.5) is 5.95 Å². The molecule has 1 fully saturated rings. The summed E-state index contributed by atoms with van der Waals surface area (Å²) in [7, 11) is 0. The summed E-state index contributed by atoms with van der Waals surface area (Å²) < 4.78 is 11.0. The maximum atomic E-state index is 5.57. The van der Waals surface area contributed by atoms with E-state index in [0.717, 1.165) is 36.7 Å². The van der Waals surface area contributed by atoms with Crippen molar-refractivity contribution in [2.24, 2.45) is 5.92 Å². The highest BCUT2D eigenvalue weighted by Gasteiger charge is 2.18. The molecule has 7 heteroatoms. The van der Waals surface area contributed by atoms with E-state index in [-0.39, 0.29) is 0 Å². The molecule has 4 heterocycles. The molecule has 1 saturated heterocycles. The molecule has 1 aliphatic rings. The molecule has 148 valence electrons. The summed E-state index contributed by atoms with van der Waals surface area (Å²) >= 11 is 0. The van der Waals surface area contributed by atoms with Gasteiger partial charge in [-0.1, -0.05) is 12.1 Å². The van der Waals surface area contributed by atoms with Crippen molar-refractivity contribution in [3.8, 4) is 22.8 Å². The van der Waals surface area contributed by atoms with Crippen LogP contribution in [0.25, 0.3) is 22.8 Å². The van der Waals surface area contributed by atoms with E-state index in [4.69, 9.17) is 8.94 Å². The zero-order valence-electron chi connectivity index (χ0n) is 16.5. The van der Waals surface area contributed by atoms with Crippen LogP contribution in [-0.2, 0) is 0 Å². The first-order valence-electron chi connectivity index (χ1n) is 10.00. The lowest BCUT2D eigenvalue weighted by Crippen LogP contribution is -2.35. The number of hydrogen-bond acceptors (Lipinski definition) is 7. The zero-order chi connectivity index (χ0) is 19.3. The molecule has 0 bridgehead atoms. The SMILES string of the molecule is Cc1cc(-c2cnc(NCCCN3CCC[C@H](C)C3)nc2-c2ccco2)on1. The Kier molecular flexibility index (Phi) is 5.71. The van der Waals surface area contributed by atoms with Crippen molar-refractivity contribution >= 4 is 5.95 Å². The van der Waals surface area contributed by atoms with Gasteiger partial charge in [-0.25, -0.2) is 9.97 Å². The quantitative estimate of drug-likeness (QED) is 0.613. The van der Waals surface area contributed by atoms with Crippen LogP contribution in [0, 0.1) is 12.8 Å². The fourth-order valence-corrected chi connectivity index (χ4v) is 3.73. The number of rotatable bonds is 7. The second kappa shape index (κ2) is 8.56. The van der Waals surface area contributed by atoms with Gasteiger partial charge >= 0.3 is 0 Å². The number of aryl methyl sites for hydroxylation is 1. The smallest absolute Gasteiger partial charge is 0.223 e. The van der Waals surface area contributed by atoms with Crippen LogP contribution in [0.2, 0.25) is 0 Å². The van der Waals surface area contributed by atoms with Crippen molar-refractivity contribution in [3.05, 3.63) is 36.4 Å². The van der Waals surface area contributed by atoms with E-state index in [2.05, 4.69) is 32.3 Å². The lowest BCUT2D eigenvalue weighted by atomic mass is 10.0. The second-order valence-electron chi connectivity index (χ2n) is 7.59. The predicted molar refractivity (Wildman–Crippen MR) is 108 cm³/mol. The Morgan fingerprint density at radius 3 is 3.00 bits per heavy atom. The van der Waals surface area contributed by atoms with Gasteiger partial charge in [0, 0.05) is 25.4 Å². The molecule has 0 radical (unpaired) electrons. The number of nitrogens with one attached hydrogen (secondary N) is 1. The van der Waals surface area contributed by atoms with Crippen LogP contribution in [-0.4, -0.2) is 46.2 Å². The minimum Gasteiger partial charge on any atom is -0.463 e. The number of piperidine rings is 1. The van der Waals surface area contributed by atoms with Gasteiger partial charge in [0.15, 0.2) is 11.5 Å². The summed E-state index contributed by atoms with van der Waals surface area (Å²) in [6.07, 6.45) is 7.14. The Morgan fingerprint density at radius 1 is 1.32 bits per heavy atom. The monoisotopic (exact) mass is 381 g/mol. The molecule has 3 aromatic rings. The van der Waals surface area contributed by atoms with Crippen molar-refractivity contribution in [2.75, 3.05) is 31.5 Å². The minimum absolute atomic E-state index is 0.596. The molecule has 3 aromatic heterocycles. The topological polar surface area (TPSA) is 80.2 Å². The average Bonchev–Trinajstić information content (AvgIpc) is 3.37. The van der Waals surface area contributed by atoms with Crippen molar-refractivity contribution < 1.29 is 8.94 Å². The van der Waals surface area contributed by atoms with Crippen molar-refractivity contribution in [1.82, 2.24) is 20.0 Å². The molecule has 0 spiro atoms. The maximum absolute atomic E-state index is 5.57. The lowest BCUT2D eigenvalue weighted by molar-refractivity contribution is 0.183. The summed E-state index contributed by atoms with van der Waals surface area (Å²) in [6.45, 7) is 8.60. The van der Waals surface area contributed by atoms with Crippen molar-refractivity contribution in [3.63, 3.8) is 0 Å². The minimum atomic E-state index is 0.596. The van der Waals surface area contributed by atoms with E-state index in [0.29, 0.717) is 23.2 Å². The Bertz CT molecular complexity index is 890. The van der Waals surface area contributed by atoms with Crippen molar-refractivity contribution in [2.45, 2.75) is 33.1 Å². The standard InChI is InChI=1S/C21H27N5O2/c1-15-6-3-9-26(14-15)10-5-8-22-21-23-13-17(19-12-16(2)25-28-19)20(24-21)18-7-4-11-27-18/h4,7,11-13,15H,3,5-6,8-10,14H2,1-2H3,(H,22,23,24)/t15-/m0/s1. The van der Waals surface area contributed by atoms with E-state index in [1.165, 1.54) is 25.9 Å². The summed E-state index contributed by atoms with van der Waals surface area (Å²) in [5, 5.41) is 7.31. The number of aromatic nitrogens is 3. The van der Waals surface area contributed by atoms with Gasteiger partial charge in [0.05, 0.1) is 17.5 Å². The maximum Gasteiger partial charge on any atom is 0.223 e. The molecule has 0 unspecified atom stereocenters. The Labute approximate surface area is 165 Å². The van der Waals surface area contributed by atoms with E-state index in [1.807, 2.05) is 25.1 Å². The first-order chi connectivity index (χ1) is 13.7. The molecule has 1 N–H and O–H groups in total. The third-order valence-electron chi connectivity index (χ3n) is 5.11. The third-order valence-corrected chi connectivity index (χ3v) is 5.11. The van der Waals surface area contributed by atoms with E-state index < -0.39 is 0 Å². The van der Waals surface area contributed by atoms with Gasteiger partial charge < -0.3 is 19.2 Å². The fourth-order valence-electron chi connectivity index (χ4n) is 3.73.